The second-order valence-corrected chi connectivity index (χ2v) is 11.2. The number of nitrogens with one attached hydrogen (secondary N) is 2. The van der Waals surface area contributed by atoms with Crippen molar-refractivity contribution in [1.82, 2.24) is 19.4 Å². The molecule has 10 nitrogen and oxygen atoms in total. The van der Waals surface area contributed by atoms with E-state index in [1.807, 2.05) is 0 Å². The van der Waals surface area contributed by atoms with Crippen LogP contribution >= 0.6 is 0 Å². The Balaban J connectivity index is 1.17. The van der Waals surface area contributed by atoms with Gasteiger partial charge in [-0.2, -0.15) is 5.10 Å². The van der Waals surface area contributed by atoms with Crippen molar-refractivity contribution in [3.63, 3.8) is 0 Å². The van der Waals surface area contributed by atoms with Crippen LogP contribution in [0.3, 0.4) is 0 Å². The van der Waals surface area contributed by atoms with Crippen molar-refractivity contribution in [2.45, 2.75) is 62.1 Å². The summed E-state index contributed by atoms with van der Waals surface area (Å²) in [5, 5.41) is 7.09. The highest BCUT2D eigenvalue weighted by Crippen LogP contribution is 2.38. The number of anilines is 1. The molecule has 3 heterocycles. The van der Waals surface area contributed by atoms with Gasteiger partial charge in [-0.1, -0.05) is 6.07 Å². The molecule has 1 aromatic heterocycles. The molecule has 34 heavy (non-hydrogen) atoms. The normalized spacial score (nSPS) is 21.9. The van der Waals surface area contributed by atoms with E-state index in [1.54, 1.807) is 11.8 Å². The molecule has 2 aliphatic carbocycles. The summed E-state index contributed by atoms with van der Waals surface area (Å²) in [7, 11) is -2.45. The van der Waals surface area contributed by atoms with Gasteiger partial charge < -0.3 is 14.8 Å². The Hall–Kier alpha value is -2.63. The Morgan fingerprint density at radius 1 is 1.12 bits per heavy atom. The van der Waals surface area contributed by atoms with E-state index in [2.05, 4.69) is 26.1 Å². The lowest BCUT2D eigenvalue weighted by Gasteiger charge is -2.44. The maximum Gasteiger partial charge on any atom is 0.333 e. The van der Waals surface area contributed by atoms with Crippen LogP contribution in [0.2, 0.25) is 0 Å². The number of ether oxygens (including phenoxy) is 2. The summed E-state index contributed by atoms with van der Waals surface area (Å²) in [5.41, 5.74) is 5.63. The summed E-state index contributed by atoms with van der Waals surface area (Å²) in [4.78, 5) is 15.0. The van der Waals surface area contributed by atoms with Gasteiger partial charge >= 0.3 is 6.03 Å². The first-order valence-electron chi connectivity index (χ1n) is 11.9. The lowest BCUT2D eigenvalue weighted by atomic mass is 9.99. The average molecular weight is 488 g/mol. The molecule has 1 fully saturated rings. The van der Waals surface area contributed by atoms with Gasteiger partial charge in [0, 0.05) is 25.9 Å². The highest BCUT2D eigenvalue weighted by atomic mass is 32.2. The summed E-state index contributed by atoms with van der Waals surface area (Å²) in [6, 6.07) is 1.62. The SMILES string of the molecule is COC1CN([C@H]2COc3c(S(=O)(=O)NC(=O)Nc4c5c(cc6c4CCC6)CCC5)cnn3C2)C1. The van der Waals surface area contributed by atoms with Crippen LogP contribution in [0.1, 0.15) is 35.1 Å². The summed E-state index contributed by atoms with van der Waals surface area (Å²) in [5.74, 6) is 0.168. The highest BCUT2D eigenvalue weighted by Gasteiger charge is 2.38. The number of nitrogens with zero attached hydrogens (tertiary/aromatic N) is 3. The third-order valence-electron chi connectivity index (χ3n) is 7.51. The number of carbonyl (C=O) groups is 1. The molecule has 0 spiro atoms. The van der Waals surface area contributed by atoms with Crippen molar-refractivity contribution >= 4 is 21.7 Å². The van der Waals surface area contributed by atoms with Gasteiger partial charge in [0.05, 0.1) is 24.9 Å². The lowest BCUT2D eigenvalue weighted by molar-refractivity contribution is -0.0687. The second-order valence-electron chi connectivity index (χ2n) is 9.57. The van der Waals surface area contributed by atoms with E-state index in [4.69, 9.17) is 9.47 Å². The molecule has 4 aliphatic rings. The van der Waals surface area contributed by atoms with Crippen molar-refractivity contribution in [1.29, 1.82) is 0 Å². The predicted octanol–water partition coefficient (Wildman–Crippen LogP) is 1.46. The molecule has 2 aromatic rings. The van der Waals surface area contributed by atoms with E-state index < -0.39 is 16.1 Å². The molecule has 2 N–H and O–H groups in total. The van der Waals surface area contributed by atoms with Crippen LogP contribution in [-0.2, 0) is 47.0 Å². The van der Waals surface area contributed by atoms with Gasteiger partial charge in [0.1, 0.15) is 6.61 Å². The van der Waals surface area contributed by atoms with Crippen LogP contribution in [0.15, 0.2) is 17.2 Å². The topological polar surface area (TPSA) is 115 Å². The summed E-state index contributed by atoms with van der Waals surface area (Å²) in [6.07, 6.45) is 7.39. The molecule has 2 amide bonds. The second kappa shape index (κ2) is 8.24. The molecular formula is C23H29N5O5S. The van der Waals surface area contributed by atoms with E-state index >= 15 is 0 Å². The third kappa shape index (κ3) is 3.66. The maximum absolute atomic E-state index is 13.1. The molecular weight excluding hydrogens is 458 g/mol. The molecule has 0 radical (unpaired) electrons. The number of carbonyl (C=O) groups excluding carboxylic acids is 1. The Kier molecular flexibility index (Phi) is 5.30. The quantitative estimate of drug-likeness (QED) is 0.656. The van der Waals surface area contributed by atoms with Gasteiger partial charge in [-0.3, -0.25) is 4.90 Å². The van der Waals surface area contributed by atoms with Gasteiger partial charge in [0.25, 0.3) is 10.0 Å². The molecule has 11 heteroatoms. The van der Waals surface area contributed by atoms with Crippen molar-refractivity contribution in [3.8, 4) is 5.88 Å². The fourth-order valence-corrected chi connectivity index (χ4v) is 6.65. The summed E-state index contributed by atoms with van der Waals surface area (Å²) in [6.45, 7) is 2.52. The van der Waals surface area contributed by atoms with Crippen LogP contribution < -0.4 is 14.8 Å². The Bertz CT molecular complexity index is 1220. The van der Waals surface area contributed by atoms with Gasteiger partial charge in [0.15, 0.2) is 4.90 Å². The van der Waals surface area contributed by atoms with E-state index in [1.165, 1.54) is 17.3 Å². The number of rotatable bonds is 5. The first kappa shape index (κ1) is 21.9. The molecule has 1 saturated heterocycles. The van der Waals surface area contributed by atoms with Crippen LogP contribution in [0, 0.1) is 0 Å². The smallest absolute Gasteiger partial charge is 0.333 e. The largest absolute Gasteiger partial charge is 0.475 e. The molecule has 0 unspecified atom stereocenters. The molecule has 0 saturated carbocycles. The number of aromatic nitrogens is 2. The van der Waals surface area contributed by atoms with Crippen LogP contribution in [0.25, 0.3) is 0 Å². The Morgan fingerprint density at radius 2 is 1.82 bits per heavy atom. The fourth-order valence-electron chi connectivity index (χ4n) is 5.67. The zero-order chi connectivity index (χ0) is 23.4. The Morgan fingerprint density at radius 3 is 2.50 bits per heavy atom. The van der Waals surface area contributed by atoms with Gasteiger partial charge in [0.2, 0.25) is 5.88 Å². The Labute approximate surface area is 198 Å². The molecule has 182 valence electrons. The number of benzene rings is 1. The fraction of sp³-hybridized carbons (Fsp3) is 0.565. The van der Waals surface area contributed by atoms with E-state index in [-0.39, 0.29) is 22.9 Å². The number of aryl methyl sites for hydroxylation is 2. The predicted molar refractivity (Wildman–Crippen MR) is 124 cm³/mol. The summed E-state index contributed by atoms with van der Waals surface area (Å²) >= 11 is 0. The molecule has 1 atom stereocenters. The number of fused-ring (bicyclic) bond motifs is 3. The zero-order valence-corrected chi connectivity index (χ0v) is 20.0. The van der Waals surface area contributed by atoms with Gasteiger partial charge in [-0.05, 0) is 60.8 Å². The first-order valence-corrected chi connectivity index (χ1v) is 13.4. The molecule has 6 rings (SSSR count). The zero-order valence-electron chi connectivity index (χ0n) is 19.2. The minimum absolute atomic E-state index is 0.105. The average Bonchev–Trinajstić information content (AvgIpc) is 3.51. The number of methoxy groups -OCH3 is 1. The van der Waals surface area contributed by atoms with Gasteiger partial charge in [-0.25, -0.2) is 22.6 Å². The number of amides is 2. The van der Waals surface area contributed by atoms with Crippen LogP contribution in [0.4, 0.5) is 10.5 Å². The number of urea groups is 1. The third-order valence-corrected chi connectivity index (χ3v) is 8.82. The number of hydrogen-bond donors (Lipinski definition) is 2. The van der Waals surface area contributed by atoms with Crippen molar-refractivity contribution in [2.75, 3.05) is 32.1 Å². The lowest BCUT2D eigenvalue weighted by Crippen LogP contribution is -2.59. The monoisotopic (exact) mass is 487 g/mol. The van der Waals surface area contributed by atoms with Crippen LogP contribution in [0.5, 0.6) is 5.88 Å². The van der Waals surface area contributed by atoms with Crippen molar-refractivity contribution in [2.24, 2.45) is 0 Å². The number of sulfonamides is 1. The molecule has 0 bridgehead atoms. The number of hydrogen-bond acceptors (Lipinski definition) is 7. The van der Waals surface area contributed by atoms with Crippen molar-refractivity contribution < 1.29 is 22.7 Å². The van der Waals surface area contributed by atoms with Crippen LogP contribution in [-0.4, -0.2) is 68.1 Å². The molecule has 1 aromatic carbocycles. The minimum atomic E-state index is -4.15. The standard InChI is InChI=1S/C23H29N5O5S/c1-32-17-11-27(12-17)16-10-28-22(33-13-16)20(9-24-28)34(30,31)26-23(29)25-21-18-6-2-4-14(18)8-15-5-3-7-19(15)21/h8-9,16-17H,2-7,10-13H2,1H3,(H2,25,26,29)/t16-/m1/s1. The first-order chi connectivity index (χ1) is 16.4. The van der Waals surface area contributed by atoms with Gasteiger partial charge in [-0.15, -0.1) is 0 Å². The van der Waals surface area contributed by atoms with E-state index in [0.29, 0.717) is 13.2 Å². The number of likely N-dealkylation sites (tertiary alicyclic amines) is 1. The van der Waals surface area contributed by atoms with Crippen molar-refractivity contribution in [3.05, 3.63) is 34.5 Å². The molecule has 2 aliphatic heterocycles. The van der Waals surface area contributed by atoms with E-state index in [0.717, 1.165) is 68.4 Å². The summed E-state index contributed by atoms with van der Waals surface area (Å²) < 4.78 is 41.0. The minimum Gasteiger partial charge on any atom is -0.475 e. The highest BCUT2D eigenvalue weighted by molar-refractivity contribution is 7.90. The van der Waals surface area contributed by atoms with E-state index in [9.17, 15) is 13.2 Å². The maximum atomic E-state index is 13.1.